The van der Waals surface area contributed by atoms with E-state index in [9.17, 15) is 4.79 Å². The Morgan fingerprint density at radius 3 is 2.34 bits per heavy atom. The molecule has 1 aliphatic carbocycles. The van der Waals surface area contributed by atoms with Crippen LogP contribution in [0.2, 0.25) is 5.02 Å². The predicted molar refractivity (Wildman–Crippen MR) is 120 cm³/mol. The van der Waals surface area contributed by atoms with Crippen LogP contribution in [0.1, 0.15) is 39.4 Å². The lowest BCUT2D eigenvalue weighted by atomic mass is 9.83. The highest BCUT2D eigenvalue weighted by Gasteiger charge is 2.37. The summed E-state index contributed by atoms with van der Waals surface area (Å²) in [5.74, 6) is -0.0464. The number of ketones is 1. The van der Waals surface area contributed by atoms with E-state index in [-0.39, 0.29) is 11.7 Å². The predicted octanol–water partition coefficient (Wildman–Crippen LogP) is 6.19. The topological polar surface area (TPSA) is 41.5 Å². The van der Waals surface area contributed by atoms with Gasteiger partial charge in [0.15, 0.2) is 5.78 Å². The minimum absolute atomic E-state index is 0.0651. The Bertz CT molecular complexity index is 1180. The monoisotopic (exact) mass is 462 g/mol. The first-order valence-electron chi connectivity index (χ1n) is 9.34. The van der Waals surface area contributed by atoms with Gasteiger partial charge in [-0.3, -0.25) is 10.2 Å². The van der Waals surface area contributed by atoms with Crippen LogP contribution in [0.3, 0.4) is 0 Å². The van der Waals surface area contributed by atoms with Crippen molar-refractivity contribution in [3.63, 3.8) is 0 Å². The Kier molecular flexibility index (Phi) is 4.61. The summed E-state index contributed by atoms with van der Waals surface area (Å²) < 4.78 is 1.02. The lowest BCUT2D eigenvalue weighted by Gasteiger charge is -2.18. The van der Waals surface area contributed by atoms with Crippen molar-refractivity contribution in [3.8, 4) is 0 Å². The molecule has 5 rings (SSSR count). The Balaban J connectivity index is 1.66. The summed E-state index contributed by atoms with van der Waals surface area (Å²) in [6.07, 6.45) is 0.620. The Hall–Kier alpha value is -2.69. The number of nitrogens with zero attached hydrogens (tertiary/aromatic N) is 1. The maximum absolute atomic E-state index is 13.3. The number of hydrogen-bond donors (Lipinski definition) is 1. The Morgan fingerprint density at radius 1 is 0.931 bits per heavy atom. The van der Waals surface area contributed by atoms with Gasteiger partial charge in [-0.1, -0.05) is 76.1 Å². The molecule has 1 heterocycles. The number of carbonyl (C=O) groups excluding carboxylic acids is 1. The van der Waals surface area contributed by atoms with Crippen molar-refractivity contribution in [1.82, 2.24) is 5.43 Å². The average Bonchev–Trinajstić information content (AvgIpc) is 2.89. The standard InChI is InChI=1S/C24H16BrClN2O/c25-16-9-5-15(6-10-16)21-13-20(14-7-11-17(26)12-8-14)22-23(28-27-21)18-3-1-2-4-19(18)24(22)29/h1-12,20,28H,13H2. The van der Waals surface area contributed by atoms with Crippen LogP contribution in [0.25, 0.3) is 5.70 Å². The molecule has 1 unspecified atom stereocenters. The number of Topliss-reactive ketones (excluding diaryl/α,β-unsaturated/α-hetero) is 1. The van der Waals surface area contributed by atoms with Gasteiger partial charge in [0.05, 0.1) is 11.4 Å². The second kappa shape index (κ2) is 7.29. The first-order chi connectivity index (χ1) is 14.1. The smallest absolute Gasteiger partial charge is 0.192 e. The number of halogens is 2. The zero-order valence-electron chi connectivity index (χ0n) is 15.3. The van der Waals surface area contributed by atoms with Crippen LogP contribution in [0.5, 0.6) is 0 Å². The molecule has 0 aromatic heterocycles. The highest BCUT2D eigenvalue weighted by Crippen LogP contribution is 2.42. The zero-order valence-corrected chi connectivity index (χ0v) is 17.7. The zero-order chi connectivity index (χ0) is 20.0. The van der Waals surface area contributed by atoms with Crippen molar-refractivity contribution in [2.24, 2.45) is 5.10 Å². The van der Waals surface area contributed by atoms with Gasteiger partial charge in [-0.05, 0) is 35.4 Å². The summed E-state index contributed by atoms with van der Waals surface area (Å²) in [7, 11) is 0. The molecule has 3 aromatic rings. The number of nitrogens with one attached hydrogen (secondary N) is 1. The minimum atomic E-state index is -0.112. The lowest BCUT2D eigenvalue weighted by molar-refractivity contribution is 0.103. The fraction of sp³-hybridized carbons (Fsp3) is 0.0833. The maximum atomic E-state index is 13.3. The van der Waals surface area contributed by atoms with Crippen molar-refractivity contribution in [2.45, 2.75) is 12.3 Å². The summed E-state index contributed by atoms with van der Waals surface area (Å²) in [4.78, 5) is 13.3. The molecule has 1 aliphatic heterocycles. The number of hydrazone groups is 1. The number of allylic oxidation sites excluding steroid dienone is 1. The van der Waals surface area contributed by atoms with Crippen LogP contribution in [-0.4, -0.2) is 11.5 Å². The molecule has 3 nitrogen and oxygen atoms in total. The first kappa shape index (κ1) is 18.3. The highest BCUT2D eigenvalue weighted by molar-refractivity contribution is 9.10. The summed E-state index contributed by atoms with van der Waals surface area (Å²) in [6.45, 7) is 0. The summed E-state index contributed by atoms with van der Waals surface area (Å²) in [5.41, 5.74) is 9.42. The molecular weight excluding hydrogens is 448 g/mol. The third-order valence-corrected chi connectivity index (χ3v) is 6.23. The van der Waals surface area contributed by atoms with E-state index in [0.717, 1.165) is 43.7 Å². The van der Waals surface area contributed by atoms with E-state index in [2.05, 4.69) is 21.4 Å². The molecule has 0 radical (unpaired) electrons. The number of fused-ring (bicyclic) bond motifs is 2. The molecule has 2 aliphatic rings. The van der Waals surface area contributed by atoms with Crippen LogP contribution in [0, 0.1) is 0 Å². The van der Waals surface area contributed by atoms with Crippen LogP contribution in [0.15, 0.2) is 87.9 Å². The van der Waals surface area contributed by atoms with Crippen LogP contribution >= 0.6 is 27.5 Å². The molecule has 1 N–H and O–H groups in total. The third-order valence-electron chi connectivity index (χ3n) is 5.45. The molecule has 0 spiro atoms. The summed E-state index contributed by atoms with van der Waals surface area (Å²) in [6, 6.07) is 23.5. The second-order valence-electron chi connectivity index (χ2n) is 7.15. The molecular formula is C24H16BrClN2O. The SMILES string of the molecule is O=C1C2=C(NN=C(c3ccc(Br)cc3)CC2c2ccc(Cl)cc2)c2ccccc21. The largest absolute Gasteiger partial charge is 0.289 e. The van der Waals surface area contributed by atoms with E-state index < -0.39 is 0 Å². The van der Waals surface area contributed by atoms with E-state index in [4.69, 9.17) is 16.7 Å². The van der Waals surface area contributed by atoms with Gasteiger partial charge in [0, 0.05) is 38.5 Å². The van der Waals surface area contributed by atoms with E-state index in [1.807, 2.05) is 72.8 Å². The van der Waals surface area contributed by atoms with Crippen LogP contribution in [0.4, 0.5) is 0 Å². The fourth-order valence-electron chi connectivity index (χ4n) is 4.02. The normalized spacial score (nSPS) is 17.9. The highest BCUT2D eigenvalue weighted by atomic mass is 79.9. The minimum Gasteiger partial charge on any atom is -0.289 e. The summed E-state index contributed by atoms with van der Waals surface area (Å²) >= 11 is 9.60. The number of benzene rings is 3. The molecule has 0 fully saturated rings. The van der Waals surface area contributed by atoms with Gasteiger partial charge in [-0.15, -0.1) is 0 Å². The molecule has 3 aromatic carbocycles. The van der Waals surface area contributed by atoms with E-state index in [1.54, 1.807) is 0 Å². The number of carbonyl (C=O) groups is 1. The van der Waals surface area contributed by atoms with Crippen molar-refractivity contribution in [1.29, 1.82) is 0 Å². The van der Waals surface area contributed by atoms with E-state index >= 15 is 0 Å². The van der Waals surface area contributed by atoms with Gasteiger partial charge in [-0.2, -0.15) is 5.10 Å². The second-order valence-corrected chi connectivity index (χ2v) is 8.50. The van der Waals surface area contributed by atoms with Gasteiger partial charge in [0.1, 0.15) is 0 Å². The Morgan fingerprint density at radius 2 is 1.62 bits per heavy atom. The third kappa shape index (κ3) is 3.22. The van der Waals surface area contributed by atoms with Crippen molar-refractivity contribution in [3.05, 3.63) is 110 Å². The maximum Gasteiger partial charge on any atom is 0.192 e. The molecule has 0 bridgehead atoms. The average molecular weight is 464 g/mol. The number of hydrogen-bond acceptors (Lipinski definition) is 3. The Labute approximate surface area is 182 Å². The first-order valence-corrected chi connectivity index (χ1v) is 10.5. The molecule has 29 heavy (non-hydrogen) atoms. The molecule has 142 valence electrons. The number of rotatable bonds is 2. The van der Waals surface area contributed by atoms with Gasteiger partial charge in [-0.25, -0.2) is 0 Å². The van der Waals surface area contributed by atoms with E-state index in [0.29, 0.717) is 11.4 Å². The van der Waals surface area contributed by atoms with Gasteiger partial charge in [0.25, 0.3) is 0 Å². The molecule has 1 atom stereocenters. The molecule has 0 amide bonds. The molecule has 0 saturated heterocycles. The van der Waals surface area contributed by atoms with Gasteiger partial charge < -0.3 is 0 Å². The van der Waals surface area contributed by atoms with Crippen molar-refractivity contribution >= 4 is 44.7 Å². The van der Waals surface area contributed by atoms with Crippen molar-refractivity contribution < 1.29 is 4.79 Å². The molecule has 0 saturated carbocycles. The van der Waals surface area contributed by atoms with Gasteiger partial charge >= 0.3 is 0 Å². The lowest BCUT2D eigenvalue weighted by Crippen LogP contribution is -2.14. The van der Waals surface area contributed by atoms with Crippen LogP contribution < -0.4 is 5.43 Å². The van der Waals surface area contributed by atoms with Crippen LogP contribution in [-0.2, 0) is 0 Å². The van der Waals surface area contributed by atoms with Gasteiger partial charge in [0.2, 0.25) is 0 Å². The fourth-order valence-corrected chi connectivity index (χ4v) is 4.41. The quantitative estimate of drug-likeness (QED) is 0.492. The molecule has 5 heteroatoms. The van der Waals surface area contributed by atoms with E-state index in [1.165, 1.54) is 0 Å². The summed E-state index contributed by atoms with van der Waals surface area (Å²) in [5, 5.41) is 5.39. The van der Waals surface area contributed by atoms with Crippen molar-refractivity contribution in [2.75, 3.05) is 0 Å².